The number of aliphatic imine (C=N–C) groups is 1. The van der Waals surface area contributed by atoms with Crippen molar-refractivity contribution in [2.24, 2.45) is 4.99 Å². The van der Waals surface area contributed by atoms with Gasteiger partial charge in [0.2, 0.25) is 0 Å². The summed E-state index contributed by atoms with van der Waals surface area (Å²) in [5, 5.41) is 10.6. The van der Waals surface area contributed by atoms with Gasteiger partial charge in [-0.25, -0.2) is 0 Å². The second-order valence-corrected chi connectivity index (χ2v) is 4.29. The van der Waals surface area contributed by atoms with Crippen LogP contribution in [0.2, 0.25) is 0 Å². The molecule has 0 saturated carbocycles. The van der Waals surface area contributed by atoms with Gasteiger partial charge < -0.3 is 19.9 Å². The highest BCUT2D eigenvalue weighted by molar-refractivity contribution is 5.79. The van der Waals surface area contributed by atoms with Crippen molar-refractivity contribution in [3.05, 3.63) is 17.0 Å². The minimum absolute atomic E-state index is 0.671. The molecule has 1 rings (SSSR count). The lowest BCUT2D eigenvalue weighted by Crippen LogP contribution is -2.38. The fourth-order valence-corrected chi connectivity index (χ4v) is 1.92. The molecule has 0 unspecified atom stereocenters. The number of nitrogens with one attached hydrogen (secondary N) is 2. The number of hydrogen-bond donors (Lipinski definition) is 2. The molecule has 1 aromatic heterocycles. The van der Waals surface area contributed by atoms with E-state index in [1.165, 1.54) is 0 Å². The third-order valence-electron chi connectivity index (χ3n) is 3.01. The van der Waals surface area contributed by atoms with Gasteiger partial charge in [-0.05, 0) is 13.3 Å². The van der Waals surface area contributed by atoms with Crippen LogP contribution in [0.4, 0.5) is 0 Å². The van der Waals surface area contributed by atoms with E-state index in [1.807, 2.05) is 6.92 Å². The zero-order valence-corrected chi connectivity index (χ0v) is 13.0. The van der Waals surface area contributed by atoms with E-state index in [1.54, 1.807) is 7.05 Å². The molecule has 6 heteroatoms. The first kappa shape index (κ1) is 16.5. The van der Waals surface area contributed by atoms with Crippen LogP contribution < -0.4 is 10.6 Å². The zero-order chi connectivity index (χ0) is 14.8. The van der Waals surface area contributed by atoms with E-state index in [9.17, 15) is 0 Å². The van der Waals surface area contributed by atoms with Gasteiger partial charge in [0, 0.05) is 38.7 Å². The Balaban J connectivity index is 2.50. The lowest BCUT2D eigenvalue weighted by molar-refractivity contribution is 0.152. The maximum absolute atomic E-state index is 5.34. The first-order valence-corrected chi connectivity index (χ1v) is 7.25. The molecule has 0 aromatic carbocycles. The highest BCUT2D eigenvalue weighted by Gasteiger charge is 2.13. The normalized spacial score (nSPS) is 11.7. The maximum Gasteiger partial charge on any atom is 0.191 e. The van der Waals surface area contributed by atoms with Crippen LogP contribution in [0.5, 0.6) is 0 Å². The van der Waals surface area contributed by atoms with Crippen LogP contribution >= 0.6 is 0 Å². The number of hydrogen-bond acceptors (Lipinski definition) is 4. The molecule has 2 N–H and O–H groups in total. The highest BCUT2D eigenvalue weighted by Crippen LogP contribution is 2.15. The first-order chi connectivity index (χ1) is 9.76. The average Bonchev–Trinajstić information content (AvgIpc) is 2.88. The van der Waals surface area contributed by atoms with E-state index in [0.29, 0.717) is 13.2 Å². The molecule has 0 spiro atoms. The molecule has 0 amide bonds. The minimum atomic E-state index is 0.671. The molecule has 20 heavy (non-hydrogen) atoms. The maximum atomic E-state index is 5.34. The Morgan fingerprint density at radius 2 is 2.05 bits per heavy atom. The fourth-order valence-electron chi connectivity index (χ4n) is 1.92. The summed E-state index contributed by atoms with van der Waals surface area (Å²) in [4.78, 5) is 4.18. The van der Waals surface area contributed by atoms with Gasteiger partial charge in [-0.1, -0.05) is 19.0 Å². The van der Waals surface area contributed by atoms with Crippen LogP contribution in [-0.4, -0.2) is 37.9 Å². The topological polar surface area (TPSA) is 71.7 Å². The summed E-state index contributed by atoms with van der Waals surface area (Å²) in [6.07, 6.45) is 1.72. The van der Waals surface area contributed by atoms with Crippen LogP contribution in [0.3, 0.4) is 0 Å². The minimum Gasteiger partial charge on any atom is -0.380 e. The van der Waals surface area contributed by atoms with Crippen molar-refractivity contribution in [3.8, 4) is 0 Å². The SMILES string of the molecule is CCOCCNC(=NC)NCc1c(CC)noc1CC. The van der Waals surface area contributed by atoms with Gasteiger partial charge in [0.1, 0.15) is 5.76 Å². The van der Waals surface area contributed by atoms with Crippen molar-refractivity contribution in [3.63, 3.8) is 0 Å². The summed E-state index contributed by atoms with van der Waals surface area (Å²) in [5.41, 5.74) is 2.15. The third-order valence-corrected chi connectivity index (χ3v) is 3.01. The first-order valence-electron chi connectivity index (χ1n) is 7.25. The number of ether oxygens (including phenoxy) is 1. The number of aryl methyl sites for hydroxylation is 2. The standard InChI is InChI=1S/C14H26N4O2/c1-5-12-11(13(6-2)20-18-12)10-17-14(15-4)16-8-9-19-7-3/h5-10H2,1-4H3,(H2,15,16,17). The molecular formula is C14H26N4O2. The van der Waals surface area contributed by atoms with E-state index < -0.39 is 0 Å². The third kappa shape index (κ3) is 4.85. The molecule has 114 valence electrons. The zero-order valence-electron chi connectivity index (χ0n) is 13.0. The van der Waals surface area contributed by atoms with Crippen molar-refractivity contribution in [2.75, 3.05) is 26.8 Å². The summed E-state index contributed by atoms with van der Waals surface area (Å²) in [6, 6.07) is 0. The van der Waals surface area contributed by atoms with E-state index in [2.05, 4.69) is 34.6 Å². The summed E-state index contributed by atoms with van der Waals surface area (Å²) < 4.78 is 10.6. The Hall–Kier alpha value is -1.56. The van der Waals surface area contributed by atoms with Gasteiger partial charge in [0.05, 0.1) is 12.3 Å². The summed E-state index contributed by atoms with van der Waals surface area (Å²) in [6.45, 7) is 8.94. The predicted molar refractivity (Wildman–Crippen MR) is 80.0 cm³/mol. The molecule has 0 saturated heterocycles. The van der Waals surface area contributed by atoms with Crippen LogP contribution in [0.15, 0.2) is 9.52 Å². The van der Waals surface area contributed by atoms with Crippen LogP contribution in [-0.2, 0) is 24.1 Å². The second-order valence-electron chi connectivity index (χ2n) is 4.29. The Morgan fingerprint density at radius 3 is 2.65 bits per heavy atom. The second kappa shape index (κ2) is 9.36. The van der Waals surface area contributed by atoms with Crippen LogP contribution in [0.25, 0.3) is 0 Å². The quantitative estimate of drug-likeness (QED) is 0.429. The molecular weight excluding hydrogens is 256 g/mol. The van der Waals surface area contributed by atoms with Crippen molar-refractivity contribution >= 4 is 5.96 Å². The van der Waals surface area contributed by atoms with Crippen molar-refractivity contribution in [1.29, 1.82) is 0 Å². The molecule has 0 aliphatic carbocycles. The molecule has 0 fully saturated rings. The van der Waals surface area contributed by atoms with E-state index in [0.717, 1.165) is 49.0 Å². The molecule has 1 heterocycles. The van der Waals surface area contributed by atoms with Crippen molar-refractivity contribution < 1.29 is 9.26 Å². The van der Waals surface area contributed by atoms with Crippen LogP contribution in [0.1, 0.15) is 37.8 Å². The Kier molecular flexibility index (Phi) is 7.72. The van der Waals surface area contributed by atoms with Gasteiger partial charge in [0.15, 0.2) is 5.96 Å². The number of guanidine groups is 1. The Bertz CT molecular complexity index is 394. The molecule has 6 nitrogen and oxygen atoms in total. The lowest BCUT2D eigenvalue weighted by Gasteiger charge is -2.12. The summed E-state index contributed by atoms with van der Waals surface area (Å²) in [5.74, 6) is 1.70. The largest absolute Gasteiger partial charge is 0.380 e. The molecule has 0 aliphatic heterocycles. The molecule has 0 aliphatic rings. The van der Waals surface area contributed by atoms with Crippen molar-refractivity contribution in [1.82, 2.24) is 15.8 Å². The highest BCUT2D eigenvalue weighted by atomic mass is 16.5. The van der Waals surface area contributed by atoms with Gasteiger partial charge in [-0.3, -0.25) is 4.99 Å². The van der Waals surface area contributed by atoms with Gasteiger partial charge in [-0.2, -0.15) is 0 Å². The molecule has 0 atom stereocenters. The van der Waals surface area contributed by atoms with Gasteiger partial charge >= 0.3 is 0 Å². The van der Waals surface area contributed by atoms with E-state index in [4.69, 9.17) is 9.26 Å². The molecule has 0 radical (unpaired) electrons. The summed E-state index contributed by atoms with van der Waals surface area (Å²) >= 11 is 0. The smallest absolute Gasteiger partial charge is 0.191 e. The monoisotopic (exact) mass is 282 g/mol. The molecule has 0 bridgehead atoms. The van der Waals surface area contributed by atoms with E-state index >= 15 is 0 Å². The lowest BCUT2D eigenvalue weighted by atomic mass is 10.1. The number of rotatable bonds is 8. The average molecular weight is 282 g/mol. The van der Waals surface area contributed by atoms with Gasteiger partial charge in [-0.15, -0.1) is 0 Å². The predicted octanol–water partition coefficient (Wildman–Crippen LogP) is 1.50. The van der Waals surface area contributed by atoms with Crippen molar-refractivity contribution in [2.45, 2.75) is 40.2 Å². The van der Waals surface area contributed by atoms with Crippen LogP contribution in [0, 0.1) is 0 Å². The van der Waals surface area contributed by atoms with Gasteiger partial charge in [0.25, 0.3) is 0 Å². The Morgan fingerprint density at radius 1 is 1.25 bits per heavy atom. The molecule has 1 aromatic rings. The van der Waals surface area contributed by atoms with E-state index in [-0.39, 0.29) is 0 Å². The number of aromatic nitrogens is 1. The summed E-state index contributed by atoms with van der Waals surface area (Å²) in [7, 11) is 1.76. The Labute approximate surface area is 121 Å². The fraction of sp³-hybridized carbons (Fsp3) is 0.714. The number of nitrogens with zero attached hydrogens (tertiary/aromatic N) is 2.